The number of fused-ring (bicyclic) bond motifs is 2. The number of nitrogens with zero attached hydrogens (tertiary/aromatic N) is 2. The SMILES string of the molecule is CCOC(=O)c1cc2cc3c(cc2nc1N(C(N)=O)c1c(F)cccc1F)OCO3. The Hall–Kier alpha value is -3.95. The Kier molecular flexibility index (Phi) is 4.82. The maximum Gasteiger partial charge on any atom is 0.341 e. The van der Waals surface area contributed by atoms with Crippen LogP contribution in [0, 0.1) is 11.6 Å². The Labute approximate surface area is 168 Å². The van der Waals surface area contributed by atoms with Crippen LogP contribution >= 0.6 is 0 Å². The molecule has 10 heteroatoms. The van der Waals surface area contributed by atoms with Crippen LogP contribution in [0.5, 0.6) is 11.5 Å². The molecule has 0 saturated carbocycles. The lowest BCUT2D eigenvalue weighted by Crippen LogP contribution is -2.35. The smallest absolute Gasteiger partial charge is 0.341 e. The predicted octanol–water partition coefficient (Wildman–Crippen LogP) is 3.64. The molecular formula is C20H15F2N3O5. The summed E-state index contributed by atoms with van der Waals surface area (Å²) >= 11 is 0. The van der Waals surface area contributed by atoms with E-state index in [-0.39, 0.29) is 30.3 Å². The molecule has 0 unspecified atom stereocenters. The minimum atomic E-state index is -1.24. The first-order valence-electron chi connectivity index (χ1n) is 8.85. The number of rotatable bonds is 4. The average molecular weight is 415 g/mol. The van der Waals surface area contributed by atoms with Gasteiger partial charge < -0.3 is 19.9 Å². The number of aromatic nitrogens is 1. The van der Waals surface area contributed by atoms with Crippen LogP contribution in [0.1, 0.15) is 17.3 Å². The summed E-state index contributed by atoms with van der Waals surface area (Å²) in [6, 6.07) is 6.30. The molecule has 1 aliphatic heterocycles. The highest BCUT2D eigenvalue weighted by molar-refractivity contribution is 6.07. The summed E-state index contributed by atoms with van der Waals surface area (Å²) < 4.78 is 44.6. The van der Waals surface area contributed by atoms with Crippen molar-refractivity contribution in [1.82, 2.24) is 4.98 Å². The van der Waals surface area contributed by atoms with Gasteiger partial charge in [-0.1, -0.05) is 6.07 Å². The number of nitrogens with two attached hydrogens (primary N) is 1. The number of benzene rings is 2. The van der Waals surface area contributed by atoms with E-state index in [1.54, 1.807) is 13.0 Å². The third kappa shape index (κ3) is 3.21. The largest absolute Gasteiger partial charge is 0.462 e. The van der Waals surface area contributed by atoms with Gasteiger partial charge in [0.05, 0.1) is 12.1 Å². The van der Waals surface area contributed by atoms with Gasteiger partial charge in [0, 0.05) is 11.5 Å². The molecule has 30 heavy (non-hydrogen) atoms. The Morgan fingerprint density at radius 2 is 1.83 bits per heavy atom. The zero-order chi connectivity index (χ0) is 21.4. The van der Waals surface area contributed by atoms with Crippen molar-refractivity contribution < 1.29 is 32.6 Å². The van der Waals surface area contributed by atoms with Crippen LogP contribution in [0.15, 0.2) is 36.4 Å². The number of urea groups is 1. The van der Waals surface area contributed by atoms with Crippen LogP contribution in [-0.4, -0.2) is 30.4 Å². The Bertz CT molecular complexity index is 1160. The molecule has 1 aromatic heterocycles. The second kappa shape index (κ2) is 7.47. The van der Waals surface area contributed by atoms with E-state index >= 15 is 0 Å². The monoisotopic (exact) mass is 415 g/mol. The topological polar surface area (TPSA) is 104 Å². The standard InChI is InChI=1S/C20H15F2N3O5/c1-2-28-19(26)11-6-10-7-15-16(30-9-29-15)8-14(10)24-18(11)25(20(23)27)17-12(21)4-3-5-13(17)22/h3-8H,2,9H2,1H3,(H2,23,27). The van der Waals surface area contributed by atoms with Crippen molar-refractivity contribution in [3.8, 4) is 11.5 Å². The van der Waals surface area contributed by atoms with Crippen molar-refractivity contribution in [3.63, 3.8) is 0 Å². The number of ether oxygens (including phenoxy) is 3. The van der Waals surface area contributed by atoms with E-state index in [0.29, 0.717) is 21.8 Å². The van der Waals surface area contributed by atoms with E-state index in [0.717, 1.165) is 18.2 Å². The molecule has 0 fully saturated rings. The number of amides is 2. The molecule has 0 aliphatic carbocycles. The van der Waals surface area contributed by atoms with Gasteiger partial charge in [-0.2, -0.15) is 0 Å². The van der Waals surface area contributed by atoms with Gasteiger partial charge >= 0.3 is 12.0 Å². The highest BCUT2D eigenvalue weighted by atomic mass is 19.1. The van der Waals surface area contributed by atoms with Crippen molar-refractivity contribution in [2.24, 2.45) is 5.73 Å². The number of esters is 1. The van der Waals surface area contributed by atoms with Gasteiger partial charge in [0.15, 0.2) is 17.3 Å². The fourth-order valence-electron chi connectivity index (χ4n) is 3.11. The first-order chi connectivity index (χ1) is 14.4. The second-order valence-corrected chi connectivity index (χ2v) is 6.22. The summed E-state index contributed by atoms with van der Waals surface area (Å²) in [5, 5.41) is 0.462. The van der Waals surface area contributed by atoms with Gasteiger partial charge in [0.2, 0.25) is 6.79 Å². The van der Waals surface area contributed by atoms with Gasteiger partial charge in [-0.3, -0.25) is 0 Å². The quantitative estimate of drug-likeness (QED) is 0.653. The van der Waals surface area contributed by atoms with Crippen LogP contribution in [0.25, 0.3) is 10.9 Å². The second-order valence-electron chi connectivity index (χ2n) is 6.22. The third-order valence-corrected chi connectivity index (χ3v) is 4.38. The van der Waals surface area contributed by atoms with E-state index in [2.05, 4.69) is 4.98 Å². The Morgan fingerprint density at radius 1 is 1.17 bits per heavy atom. The summed E-state index contributed by atoms with van der Waals surface area (Å²) in [7, 11) is 0. The number of primary amides is 1. The molecule has 3 aromatic rings. The van der Waals surface area contributed by atoms with Crippen LogP contribution in [0.2, 0.25) is 0 Å². The molecule has 0 saturated heterocycles. The maximum absolute atomic E-state index is 14.5. The van der Waals surface area contributed by atoms with Crippen LogP contribution in [0.4, 0.5) is 25.1 Å². The average Bonchev–Trinajstić information content (AvgIpc) is 3.15. The van der Waals surface area contributed by atoms with E-state index in [1.807, 2.05) is 0 Å². The third-order valence-electron chi connectivity index (χ3n) is 4.38. The Balaban J connectivity index is 2.00. The molecule has 8 nitrogen and oxygen atoms in total. The lowest BCUT2D eigenvalue weighted by Gasteiger charge is -2.23. The number of hydrogen-bond donors (Lipinski definition) is 1. The lowest BCUT2D eigenvalue weighted by molar-refractivity contribution is 0.0527. The van der Waals surface area contributed by atoms with Crippen molar-refractivity contribution >= 4 is 34.4 Å². The Morgan fingerprint density at radius 3 is 2.47 bits per heavy atom. The van der Waals surface area contributed by atoms with Crippen LogP contribution in [-0.2, 0) is 4.74 Å². The van der Waals surface area contributed by atoms with Gasteiger partial charge in [-0.15, -0.1) is 0 Å². The highest BCUT2D eigenvalue weighted by Gasteiger charge is 2.30. The summed E-state index contributed by atoms with van der Waals surface area (Å²) in [4.78, 5) is 29.6. The molecule has 0 spiro atoms. The first-order valence-corrected chi connectivity index (χ1v) is 8.85. The number of para-hydroxylation sites is 1. The van der Waals surface area contributed by atoms with Gasteiger partial charge in [-0.05, 0) is 31.2 Å². The molecule has 2 aromatic carbocycles. The van der Waals surface area contributed by atoms with E-state index in [4.69, 9.17) is 19.9 Å². The number of halogens is 2. The van der Waals surface area contributed by atoms with Crippen molar-refractivity contribution in [2.45, 2.75) is 6.92 Å². The number of carbonyl (C=O) groups excluding carboxylic acids is 2. The van der Waals surface area contributed by atoms with E-state index < -0.39 is 29.3 Å². The molecular weight excluding hydrogens is 400 g/mol. The highest BCUT2D eigenvalue weighted by Crippen LogP contribution is 2.39. The zero-order valence-corrected chi connectivity index (χ0v) is 15.6. The summed E-state index contributed by atoms with van der Waals surface area (Å²) in [5.74, 6) is -2.50. The van der Waals surface area contributed by atoms with Gasteiger partial charge in [0.25, 0.3) is 0 Å². The molecule has 0 radical (unpaired) electrons. The molecule has 0 atom stereocenters. The fraction of sp³-hybridized carbons (Fsp3) is 0.150. The molecule has 0 bridgehead atoms. The number of anilines is 2. The molecule has 2 heterocycles. The van der Waals surface area contributed by atoms with Crippen molar-refractivity contribution in [2.75, 3.05) is 18.3 Å². The molecule has 2 amide bonds. The van der Waals surface area contributed by atoms with Crippen molar-refractivity contribution in [1.29, 1.82) is 0 Å². The maximum atomic E-state index is 14.5. The number of hydrogen-bond acceptors (Lipinski definition) is 6. The number of pyridine rings is 1. The molecule has 4 rings (SSSR count). The number of carbonyl (C=O) groups is 2. The van der Waals surface area contributed by atoms with Gasteiger partial charge in [0.1, 0.15) is 22.9 Å². The molecule has 154 valence electrons. The summed E-state index contributed by atoms with van der Waals surface area (Å²) in [6.07, 6.45) is 0. The summed E-state index contributed by atoms with van der Waals surface area (Å²) in [5.41, 5.74) is 4.75. The van der Waals surface area contributed by atoms with E-state index in [9.17, 15) is 18.4 Å². The molecule has 2 N–H and O–H groups in total. The lowest BCUT2D eigenvalue weighted by atomic mass is 10.1. The van der Waals surface area contributed by atoms with Crippen LogP contribution in [0.3, 0.4) is 0 Å². The minimum absolute atomic E-state index is 0.0110. The van der Waals surface area contributed by atoms with Crippen LogP contribution < -0.4 is 20.1 Å². The molecule has 1 aliphatic rings. The zero-order valence-electron chi connectivity index (χ0n) is 15.6. The van der Waals surface area contributed by atoms with Gasteiger partial charge in [-0.25, -0.2) is 28.3 Å². The minimum Gasteiger partial charge on any atom is -0.462 e. The predicted molar refractivity (Wildman–Crippen MR) is 102 cm³/mol. The fourth-order valence-corrected chi connectivity index (χ4v) is 3.11. The normalized spacial score (nSPS) is 12.1. The van der Waals surface area contributed by atoms with E-state index in [1.165, 1.54) is 12.1 Å². The first kappa shape index (κ1) is 19.4. The van der Waals surface area contributed by atoms with Crippen molar-refractivity contribution in [3.05, 3.63) is 53.6 Å². The summed E-state index contributed by atoms with van der Waals surface area (Å²) in [6.45, 7) is 1.63.